The van der Waals surface area contributed by atoms with Crippen molar-refractivity contribution in [2.45, 2.75) is 478 Å². The summed E-state index contributed by atoms with van der Waals surface area (Å²) >= 11 is 0. The number of rotatable bonds is 74. The van der Waals surface area contributed by atoms with Crippen LogP contribution < -0.4 is 9.80 Å². The summed E-state index contributed by atoms with van der Waals surface area (Å²) in [5.41, 5.74) is 0. The molecule has 0 aromatic rings. The van der Waals surface area contributed by atoms with Crippen LogP contribution >= 0.6 is 0 Å². The molecule has 0 radical (unpaired) electrons. The van der Waals surface area contributed by atoms with Crippen molar-refractivity contribution in [3.8, 4) is 0 Å². The molecule has 0 amide bonds. The van der Waals surface area contributed by atoms with Gasteiger partial charge in [-0.25, -0.2) is 0 Å². The van der Waals surface area contributed by atoms with E-state index < -0.39 is 10.4 Å². The van der Waals surface area contributed by atoms with Gasteiger partial charge in [0.2, 0.25) is 0 Å². The number of quaternary nitrogens is 2. The summed E-state index contributed by atoms with van der Waals surface area (Å²) in [6, 6.07) is 0. The Hall–Kier alpha value is -0.210. The van der Waals surface area contributed by atoms with Crippen molar-refractivity contribution in [2.24, 2.45) is 0 Å². The maximum absolute atomic E-state index is 8.52. The molecule has 6 nitrogen and oxygen atoms in total. The highest BCUT2D eigenvalue weighted by Gasteiger charge is 2.08. The Morgan fingerprint density at radius 2 is 0.253 bits per heavy atom. The minimum Gasteiger partial charge on any atom is -0.759 e. The Bertz CT molecular complexity index is 1100. The third-order valence-corrected chi connectivity index (χ3v) is 19.5. The lowest BCUT2D eigenvalue weighted by molar-refractivity contribution is -0.898. The van der Waals surface area contributed by atoms with E-state index in [1.54, 1.807) is 0 Å². The number of nitrogens with one attached hydrogen (secondary N) is 2. The SMILES string of the molecule is CCCCCCCCCCCCCCCCCCC[NH+](CC)CCCCCCCCCCCCCCCCCCC.CCCCCCCCCCCCCCCCCCC[NH+](CC)CCCCCCCCCCCCCCCCCCC.O=S(=O)([O-])[O-]. The van der Waals surface area contributed by atoms with Crippen molar-refractivity contribution >= 4 is 10.4 Å². The minimum atomic E-state index is -5.17. The number of hydrogen-bond donors (Lipinski definition) is 2. The van der Waals surface area contributed by atoms with E-state index in [2.05, 4.69) is 41.5 Å². The summed E-state index contributed by atoms with van der Waals surface area (Å²) in [6.07, 6.45) is 100. The highest BCUT2D eigenvalue weighted by Crippen LogP contribution is 2.19. The molecule has 0 spiro atoms. The van der Waals surface area contributed by atoms with Gasteiger partial charge in [0.05, 0.1) is 39.3 Å². The topological polar surface area (TPSA) is 89.1 Å². The molecule has 87 heavy (non-hydrogen) atoms. The quantitative estimate of drug-likeness (QED) is 0.0361. The van der Waals surface area contributed by atoms with Crippen molar-refractivity contribution in [3.63, 3.8) is 0 Å². The van der Waals surface area contributed by atoms with Crippen LogP contribution in [0.4, 0.5) is 0 Å². The smallest absolute Gasteiger partial charge is 0.0770 e. The molecule has 0 fully saturated rings. The fourth-order valence-corrected chi connectivity index (χ4v) is 13.4. The van der Waals surface area contributed by atoms with Gasteiger partial charge in [0, 0.05) is 10.4 Å². The lowest BCUT2D eigenvalue weighted by Crippen LogP contribution is -3.11. The second kappa shape index (κ2) is 83.8. The molecule has 0 saturated heterocycles. The molecule has 0 aliphatic heterocycles. The first kappa shape index (κ1) is 91.0. The second-order valence-corrected chi connectivity index (χ2v) is 29.1. The van der Waals surface area contributed by atoms with Crippen LogP contribution in [-0.2, 0) is 10.4 Å². The van der Waals surface area contributed by atoms with Gasteiger partial charge < -0.3 is 18.9 Å². The normalized spacial score (nSPS) is 11.7. The Balaban J connectivity index is -0.00000150. The summed E-state index contributed by atoms with van der Waals surface area (Å²) in [5, 5.41) is 0. The molecular weight excluding hydrogens is 1080 g/mol. The van der Waals surface area contributed by atoms with E-state index >= 15 is 0 Å². The zero-order valence-electron chi connectivity index (χ0n) is 61.4. The molecule has 2 N–H and O–H groups in total. The van der Waals surface area contributed by atoms with Crippen molar-refractivity contribution < 1.29 is 27.3 Å². The first-order valence-corrected chi connectivity index (χ1v) is 42.4. The van der Waals surface area contributed by atoms with E-state index in [4.69, 9.17) is 17.5 Å². The molecule has 0 saturated carbocycles. The molecule has 0 aliphatic rings. The molecule has 7 heteroatoms. The van der Waals surface area contributed by atoms with Gasteiger partial charge in [0.15, 0.2) is 0 Å². The van der Waals surface area contributed by atoms with Crippen molar-refractivity contribution in [3.05, 3.63) is 0 Å². The first-order valence-electron chi connectivity index (χ1n) is 41.0. The molecule has 0 aromatic heterocycles. The standard InChI is InChI=1S/2C40H83N.H2O4S/c2*1-4-7-9-11-13-15-17-19-21-23-25-27-29-31-33-35-37-39-41(6-3)40-38-36-34-32-30-28-26-24-22-20-18-16-14-12-10-8-5-2;1-5(2,3)4/h2*4-40H2,1-3H3;(H2,1,2,3,4). The van der Waals surface area contributed by atoms with Gasteiger partial charge in [0.25, 0.3) is 0 Å². The van der Waals surface area contributed by atoms with Crippen molar-refractivity contribution in [2.75, 3.05) is 39.3 Å². The van der Waals surface area contributed by atoms with E-state index in [0.717, 1.165) is 0 Å². The maximum Gasteiger partial charge on any atom is 0.0770 e. The monoisotopic (exact) mass is 1250 g/mol. The summed E-state index contributed by atoms with van der Waals surface area (Å²) in [7, 11) is -5.17. The summed E-state index contributed by atoms with van der Waals surface area (Å²) in [6.45, 7) is 22.4. The molecule has 0 unspecified atom stereocenters. The average Bonchev–Trinajstić information content (AvgIpc) is 3.50. The Morgan fingerprint density at radius 1 is 0.172 bits per heavy atom. The maximum atomic E-state index is 8.52. The molecule has 528 valence electrons. The van der Waals surface area contributed by atoms with Crippen molar-refractivity contribution in [1.82, 2.24) is 0 Å². The van der Waals surface area contributed by atoms with Gasteiger partial charge in [-0.3, -0.25) is 8.42 Å². The van der Waals surface area contributed by atoms with Gasteiger partial charge >= 0.3 is 0 Å². The minimum absolute atomic E-state index is 1.33. The van der Waals surface area contributed by atoms with Gasteiger partial charge in [-0.15, -0.1) is 0 Å². The number of hydrogen-bond acceptors (Lipinski definition) is 4. The molecule has 0 bridgehead atoms. The zero-order valence-corrected chi connectivity index (χ0v) is 62.2. The lowest BCUT2D eigenvalue weighted by atomic mass is 10.0. The molecule has 0 aliphatic carbocycles. The Labute approximate surface area is 552 Å². The Kier molecular flexibility index (Phi) is 87.6. The number of unbranched alkanes of at least 4 members (excludes halogenated alkanes) is 64. The van der Waals surface area contributed by atoms with Crippen LogP contribution in [-0.4, -0.2) is 56.8 Å². The molecule has 0 atom stereocenters. The average molecular weight is 1250 g/mol. The van der Waals surface area contributed by atoms with Crippen molar-refractivity contribution in [1.29, 1.82) is 0 Å². The lowest BCUT2D eigenvalue weighted by Gasteiger charge is -2.17. The molecule has 0 aromatic carbocycles. The van der Waals surface area contributed by atoms with Gasteiger partial charge in [-0.1, -0.05) is 413 Å². The van der Waals surface area contributed by atoms with Crippen LogP contribution in [0, 0.1) is 0 Å². The first-order chi connectivity index (χ1) is 42.7. The van der Waals surface area contributed by atoms with Crippen LogP contribution in [0.2, 0.25) is 0 Å². The van der Waals surface area contributed by atoms with Crippen LogP contribution in [0.15, 0.2) is 0 Å². The van der Waals surface area contributed by atoms with E-state index in [1.165, 1.54) is 476 Å². The van der Waals surface area contributed by atoms with Crippen LogP contribution in [0.3, 0.4) is 0 Å². The summed E-state index contributed by atoms with van der Waals surface area (Å²) in [4.78, 5) is 3.74. The van der Waals surface area contributed by atoms with E-state index in [-0.39, 0.29) is 0 Å². The summed E-state index contributed by atoms with van der Waals surface area (Å²) < 4.78 is 34.1. The zero-order chi connectivity index (χ0) is 64.0. The van der Waals surface area contributed by atoms with E-state index in [1.807, 2.05) is 9.80 Å². The molecule has 0 rings (SSSR count). The van der Waals surface area contributed by atoms with Gasteiger partial charge in [0.1, 0.15) is 0 Å². The third kappa shape index (κ3) is 94.6. The second-order valence-electron chi connectivity index (χ2n) is 28.2. The van der Waals surface area contributed by atoms with Crippen LogP contribution in [0.5, 0.6) is 0 Å². The fourth-order valence-electron chi connectivity index (χ4n) is 13.4. The van der Waals surface area contributed by atoms with Crippen LogP contribution in [0.1, 0.15) is 478 Å². The van der Waals surface area contributed by atoms with Crippen LogP contribution in [0.25, 0.3) is 0 Å². The molecular formula is C80H168N2O4S. The highest BCUT2D eigenvalue weighted by atomic mass is 32.3. The largest absolute Gasteiger partial charge is 0.759 e. The fraction of sp³-hybridized carbons (Fsp3) is 1.00. The molecule has 0 heterocycles. The Morgan fingerprint density at radius 3 is 0.333 bits per heavy atom. The van der Waals surface area contributed by atoms with E-state index in [9.17, 15) is 0 Å². The van der Waals surface area contributed by atoms with Gasteiger partial charge in [-0.05, 0) is 65.2 Å². The third-order valence-electron chi connectivity index (χ3n) is 19.5. The predicted octanol–water partition coefficient (Wildman–Crippen LogP) is 25.1. The summed E-state index contributed by atoms with van der Waals surface area (Å²) in [5.74, 6) is 0. The van der Waals surface area contributed by atoms with Gasteiger partial charge in [-0.2, -0.15) is 0 Å². The predicted molar refractivity (Wildman–Crippen MR) is 390 cm³/mol. The highest BCUT2D eigenvalue weighted by molar-refractivity contribution is 7.79. The van der Waals surface area contributed by atoms with E-state index in [0.29, 0.717) is 0 Å².